The maximum atomic E-state index is 10.7. The molecule has 0 saturated carbocycles. The van der Waals surface area contributed by atoms with Crippen molar-refractivity contribution >= 4 is 11.7 Å². The fraction of sp³-hybridized carbons (Fsp3) is 0.846. The van der Waals surface area contributed by atoms with Gasteiger partial charge in [-0.05, 0) is 6.92 Å². The average Bonchev–Trinajstić information content (AvgIpc) is 2.41. The molecule has 0 aromatic carbocycles. The van der Waals surface area contributed by atoms with E-state index >= 15 is 0 Å². The first-order valence-electron chi connectivity index (χ1n) is 6.85. The van der Waals surface area contributed by atoms with E-state index in [1.54, 1.807) is 18.7 Å². The smallest absolute Gasteiger partial charge is 0.219 e. The second kappa shape index (κ2) is 9.01. The van der Waals surface area contributed by atoms with Gasteiger partial charge in [0.05, 0.1) is 19.8 Å². The molecule has 0 spiro atoms. The molecule has 2 aliphatic heterocycles. The van der Waals surface area contributed by atoms with Gasteiger partial charge in [0, 0.05) is 46.2 Å². The standard InChI is InChI=1S/C7H14N2O.C6H11NO2/c1-7(10)6-9-4-2-8-3-5-9;1-6(8)7-2-4-9-5-3-7/h8H,2-6H2,1H3;2-5H2,1H3. The van der Waals surface area contributed by atoms with Crippen LogP contribution in [0.1, 0.15) is 13.8 Å². The lowest BCUT2D eigenvalue weighted by molar-refractivity contribution is -0.132. The van der Waals surface area contributed by atoms with Crippen LogP contribution in [0.3, 0.4) is 0 Å². The highest BCUT2D eigenvalue weighted by molar-refractivity contribution is 5.77. The number of nitrogens with zero attached hydrogens (tertiary/aromatic N) is 2. The first-order valence-corrected chi connectivity index (χ1v) is 6.85. The maximum Gasteiger partial charge on any atom is 0.219 e. The van der Waals surface area contributed by atoms with Crippen molar-refractivity contribution in [3.05, 3.63) is 0 Å². The number of nitrogens with one attached hydrogen (secondary N) is 1. The molecule has 0 radical (unpaired) electrons. The van der Waals surface area contributed by atoms with Crippen molar-refractivity contribution in [3.63, 3.8) is 0 Å². The van der Waals surface area contributed by atoms with Gasteiger partial charge in [-0.3, -0.25) is 14.5 Å². The van der Waals surface area contributed by atoms with Crippen molar-refractivity contribution in [2.24, 2.45) is 0 Å². The number of carbonyl (C=O) groups excluding carboxylic acids is 2. The van der Waals surface area contributed by atoms with Gasteiger partial charge >= 0.3 is 0 Å². The number of Topliss-reactive ketones (excluding diaryl/α,β-unsaturated/α-hetero) is 1. The SMILES string of the molecule is CC(=O)CN1CCNCC1.CC(=O)N1CCOCC1. The molecule has 2 rings (SSSR count). The summed E-state index contributed by atoms with van der Waals surface area (Å²) in [6.07, 6.45) is 0. The van der Waals surface area contributed by atoms with Crippen LogP contribution < -0.4 is 5.32 Å². The lowest BCUT2D eigenvalue weighted by Crippen LogP contribution is -2.45. The van der Waals surface area contributed by atoms with Gasteiger partial charge in [-0.1, -0.05) is 0 Å². The third kappa shape index (κ3) is 7.25. The number of hydrogen-bond donors (Lipinski definition) is 1. The van der Waals surface area contributed by atoms with E-state index in [-0.39, 0.29) is 11.7 Å². The van der Waals surface area contributed by atoms with E-state index in [1.165, 1.54) is 0 Å². The molecule has 0 aromatic heterocycles. The van der Waals surface area contributed by atoms with Crippen LogP contribution in [0.2, 0.25) is 0 Å². The molecule has 2 fully saturated rings. The summed E-state index contributed by atoms with van der Waals surface area (Å²) in [5.74, 6) is 0.417. The Morgan fingerprint density at radius 1 is 1.05 bits per heavy atom. The minimum absolute atomic E-state index is 0.151. The summed E-state index contributed by atoms with van der Waals surface area (Å²) in [5, 5.41) is 3.23. The van der Waals surface area contributed by atoms with Gasteiger partial charge in [-0.2, -0.15) is 0 Å². The van der Waals surface area contributed by atoms with Crippen LogP contribution in [-0.4, -0.2) is 80.5 Å². The molecule has 2 heterocycles. The molecular weight excluding hydrogens is 246 g/mol. The predicted molar refractivity (Wildman–Crippen MR) is 73.1 cm³/mol. The Bertz CT molecular complexity index is 285. The fourth-order valence-corrected chi connectivity index (χ4v) is 2.06. The molecule has 0 aliphatic carbocycles. The van der Waals surface area contributed by atoms with E-state index in [0.717, 1.165) is 39.3 Å². The molecule has 1 amide bonds. The molecule has 0 unspecified atom stereocenters. The lowest BCUT2D eigenvalue weighted by Gasteiger charge is -2.25. The van der Waals surface area contributed by atoms with Crippen molar-refractivity contribution in [2.75, 3.05) is 59.0 Å². The molecular formula is C13H25N3O3. The first-order chi connectivity index (χ1) is 9.09. The van der Waals surface area contributed by atoms with E-state index in [2.05, 4.69) is 10.2 Å². The quantitative estimate of drug-likeness (QED) is 0.723. The highest BCUT2D eigenvalue weighted by Crippen LogP contribution is 1.95. The number of ketones is 1. The number of morpholine rings is 1. The van der Waals surface area contributed by atoms with Crippen molar-refractivity contribution in [3.8, 4) is 0 Å². The normalized spacial score (nSPS) is 20.4. The Balaban J connectivity index is 0.000000191. The highest BCUT2D eigenvalue weighted by Gasteiger charge is 2.11. The molecule has 2 saturated heterocycles. The van der Waals surface area contributed by atoms with E-state index in [1.807, 2.05) is 0 Å². The van der Waals surface area contributed by atoms with Gasteiger partial charge in [0.1, 0.15) is 5.78 Å². The van der Waals surface area contributed by atoms with Crippen LogP contribution in [0.25, 0.3) is 0 Å². The Labute approximate surface area is 115 Å². The van der Waals surface area contributed by atoms with Gasteiger partial charge < -0.3 is 15.0 Å². The van der Waals surface area contributed by atoms with Crippen LogP contribution in [0, 0.1) is 0 Å². The topological polar surface area (TPSA) is 61.9 Å². The third-order valence-corrected chi connectivity index (χ3v) is 3.11. The van der Waals surface area contributed by atoms with E-state index in [0.29, 0.717) is 19.8 Å². The number of ether oxygens (including phenoxy) is 1. The summed E-state index contributed by atoms with van der Waals surface area (Å²) in [6, 6.07) is 0. The van der Waals surface area contributed by atoms with Crippen LogP contribution in [0.15, 0.2) is 0 Å². The minimum Gasteiger partial charge on any atom is -0.378 e. The number of piperazine rings is 1. The fourth-order valence-electron chi connectivity index (χ4n) is 2.06. The Hall–Kier alpha value is -0.980. The Kier molecular flexibility index (Phi) is 7.62. The molecule has 1 N–H and O–H groups in total. The number of carbonyl (C=O) groups is 2. The van der Waals surface area contributed by atoms with Crippen LogP contribution in [-0.2, 0) is 14.3 Å². The van der Waals surface area contributed by atoms with Gasteiger partial charge in [0.25, 0.3) is 0 Å². The molecule has 2 aliphatic rings. The lowest BCUT2D eigenvalue weighted by atomic mass is 10.3. The van der Waals surface area contributed by atoms with Crippen LogP contribution in [0.4, 0.5) is 0 Å². The van der Waals surface area contributed by atoms with Crippen molar-refractivity contribution < 1.29 is 14.3 Å². The van der Waals surface area contributed by atoms with Crippen LogP contribution >= 0.6 is 0 Å². The molecule has 6 nitrogen and oxygen atoms in total. The predicted octanol–water partition coefficient (Wildman–Crippen LogP) is -0.654. The second-order valence-electron chi connectivity index (χ2n) is 4.85. The summed E-state index contributed by atoms with van der Waals surface area (Å²) in [6.45, 7) is 10.8. The summed E-state index contributed by atoms with van der Waals surface area (Å²) in [4.78, 5) is 25.3. The van der Waals surface area contributed by atoms with E-state index in [9.17, 15) is 9.59 Å². The number of rotatable bonds is 2. The molecule has 0 atom stereocenters. The zero-order valence-corrected chi connectivity index (χ0v) is 12.0. The summed E-state index contributed by atoms with van der Waals surface area (Å²) < 4.78 is 5.06. The molecule has 0 bridgehead atoms. The molecule has 0 aromatic rings. The summed E-state index contributed by atoms with van der Waals surface area (Å²) >= 11 is 0. The molecule has 110 valence electrons. The maximum absolute atomic E-state index is 10.7. The molecule has 6 heteroatoms. The summed E-state index contributed by atoms with van der Waals surface area (Å²) in [5.41, 5.74) is 0. The van der Waals surface area contributed by atoms with Crippen LogP contribution in [0.5, 0.6) is 0 Å². The number of hydrogen-bond acceptors (Lipinski definition) is 5. The minimum atomic E-state index is 0.151. The van der Waals surface area contributed by atoms with E-state index < -0.39 is 0 Å². The Morgan fingerprint density at radius 3 is 2.05 bits per heavy atom. The van der Waals surface area contributed by atoms with E-state index in [4.69, 9.17) is 4.74 Å². The molecule has 19 heavy (non-hydrogen) atoms. The van der Waals surface area contributed by atoms with Crippen molar-refractivity contribution in [1.29, 1.82) is 0 Å². The third-order valence-electron chi connectivity index (χ3n) is 3.11. The second-order valence-corrected chi connectivity index (χ2v) is 4.85. The number of amides is 1. The first kappa shape index (κ1) is 16.1. The van der Waals surface area contributed by atoms with Gasteiger partial charge in [0.15, 0.2) is 0 Å². The highest BCUT2D eigenvalue weighted by atomic mass is 16.5. The van der Waals surface area contributed by atoms with Gasteiger partial charge in [-0.25, -0.2) is 0 Å². The zero-order valence-electron chi connectivity index (χ0n) is 12.0. The average molecular weight is 271 g/mol. The van der Waals surface area contributed by atoms with Gasteiger partial charge in [-0.15, -0.1) is 0 Å². The Morgan fingerprint density at radius 2 is 1.63 bits per heavy atom. The van der Waals surface area contributed by atoms with Gasteiger partial charge in [0.2, 0.25) is 5.91 Å². The van der Waals surface area contributed by atoms with Crippen molar-refractivity contribution in [2.45, 2.75) is 13.8 Å². The largest absolute Gasteiger partial charge is 0.378 e. The summed E-state index contributed by atoms with van der Waals surface area (Å²) in [7, 11) is 0. The van der Waals surface area contributed by atoms with Crippen molar-refractivity contribution in [1.82, 2.24) is 15.1 Å². The zero-order chi connectivity index (χ0) is 14.1. The monoisotopic (exact) mass is 271 g/mol.